The van der Waals surface area contributed by atoms with E-state index in [1.54, 1.807) is 0 Å². The highest BCUT2D eigenvalue weighted by Gasteiger charge is 2.28. The molecular weight excluding hydrogens is 284 g/mol. The number of pyridine rings is 1. The van der Waals surface area contributed by atoms with Crippen molar-refractivity contribution >= 4 is 28.3 Å². The number of nitrogens with zero attached hydrogens (tertiary/aromatic N) is 2. The normalized spacial score (nSPS) is 22.5. The summed E-state index contributed by atoms with van der Waals surface area (Å²) in [5.74, 6) is 0.530. The maximum absolute atomic E-state index is 12.8. The van der Waals surface area contributed by atoms with Crippen LogP contribution in [0.3, 0.4) is 0 Å². The molecule has 0 saturated carbocycles. The molecule has 21 heavy (non-hydrogen) atoms. The van der Waals surface area contributed by atoms with E-state index < -0.39 is 0 Å². The smallest absolute Gasteiger partial charge is 0.272 e. The first kappa shape index (κ1) is 14.3. The van der Waals surface area contributed by atoms with Gasteiger partial charge in [0.2, 0.25) is 0 Å². The fraction of sp³-hybridized carbons (Fsp3) is 0.412. The van der Waals surface area contributed by atoms with Gasteiger partial charge in [0.25, 0.3) is 5.91 Å². The van der Waals surface area contributed by atoms with Gasteiger partial charge in [-0.1, -0.05) is 42.8 Å². The highest BCUT2D eigenvalue weighted by molar-refractivity contribution is 6.34. The van der Waals surface area contributed by atoms with Crippen LogP contribution in [0.1, 0.15) is 37.2 Å². The lowest BCUT2D eigenvalue weighted by molar-refractivity contribution is 0.0568. The van der Waals surface area contributed by atoms with Crippen molar-refractivity contribution in [3.63, 3.8) is 0 Å². The van der Waals surface area contributed by atoms with Gasteiger partial charge in [-0.3, -0.25) is 4.79 Å². The van der Waals surface area contributed by atoms with E-state index in [0.29, 0.717) is 16.8 Å². The van der Waals surface area contributed by atoms with E-state index in [-0.39, 0.29) is 11.9 Å². The molecule has 0 aliphatic carbocycles. The van der Waals surface area contributed by atoms with Gasteiger partial charge in [-0.05, 0) is 37.1 Å². The Kier molecular flexibility index (Phi) is 3.85. The number of amides is 1. The standard InChI is InChI=1S/C17H19ClN2O/c1-11-7-8-12(2)20(10-11)17(21)15-9-13-5-3-4-6-14(13)16(18)19-15/h3-6,9,11-12H,7-8,10H2,1-2H3. The molecule has 3 nitrogen and oxygen atoms in total. The van der Waals surface area contributed by atoms with Gasteiger partial charge in [0.15, 0.2) is 0 Å². The van der Waals surface area contributed by atoms with Gasteiger partial charge in [-0.25, -0.2) is 4.98 Å². The van der Waals surface area contributed by atoms with Crippen molar-refractivity contribution in [3.05, 3.63) is 41.2 Å². The van der Waals surface area contributed by atoms with Crippen LogP contribution in [0, 0.1) is 5.92 Å². The van der Waals surface area contributed by atoms with Crippen molar-refractivity contribution in [2.24, 2.45) is 5.92 Å². The molecule has 2 unspecified atom stereocenters. The summed E-state index contributed by atoms with van der Waals surface area (Å²) in [6, 6.07) is 9.85. The molecule has 1 aromatic carbocycles. The van der Waals surface area contributed by atoms with Crippen LogP contribution in [0.2, 0.25) is 5.15 Å². The van der Waals surface area contributed by atoms with E-state index in [1.165, 1.54) is 6.42 Å². The number of aromatic nitrogens is 1. The van der Waals surface area contributed by atoms with Gasteiger partial charge >= 0.3 is 0 Å². The number of benzene rings is 1. The van der Waals surface area contributed by atoms with Gasteiger partial charge < -0.3 is 4.90 Å². The number of rotatable bonds is 1. The first-order valence-electron chi connectivity index (χ1n) is 7.42. The van der Waals surface area contributed by atoms with Crippen molar-refractivity contribution in [2.45, 2.75) is 32.7 Å². The van der Waals surface area contributed by atoms with Crippen LogP contribution >= 0.6 is 11.6 Å². The molecule has 1 amide bonds. The summed E-state index contributed by atoms with van der Waals surface area (Å²) >= 11 is 6.23. The molecule has 0 bridgehead atoms. The predicted octanol–water partition coefficient (Wildman–Crippen LogP) is 4.15. The number of piperidine rings is 1. The van der Waals surface area contributed by atoms with Crippen LogP contribution in [0.25, 0.3) is 10.8 Å². The summed E-state index contributed by atoms with van der Waals surface area (Å²) in [6.45, 7) is 5.09. The summed E-state index contributed by atoms with van der Waals surface area (Å²) in [6.07, 6.45) is 2.23. The Hall–Kier alpha value is -1.61. The van der Waals surface area contributed by atoms with Gasteiger partial charge in [0, 0.05) is 18.0 Å². The quantitative estimate of drug-likeness (QED) is 0.741. The third kappa shape index (κ3) is 2.75. The average Bonchev–Trinajstić information content (AvgIpc) is 2.49. The molecule has 1 aromatic heterocycles. The minimum absolute atomic E-state index is 0.0123. The average molecular weight is 303 g/mol. The fourth-order valence-corrected chi connectivity index (χ4v) is 3.25. The molecule has 2 atom stereocenters. The van der Waals surface area contributed by atoms with E-state index in [0.717, 1.165) is 23.7 Å². The Labute approximate surface area is 129 Å². The van der Waals surface area contributed by atoms with Gasteiger partial charge in [0.1, 0.15) is 10.8 Å². The number of carbonyl (C=O) groups excluding carboxylic acids is 1. The van der Waals surface area contributed by atoms with Crippen LogP contribution in [0.5, 0.6) is 0 Å². The number of hydrogen-bond donors (Lipinski definition) is 0. The third-order valence-corrected chi connectivity index (χ3v) is 4.58. The second-order valence-corrected chi connectivity index (χ2v) is 6.37. The summed E-state index contributed by atoms with van der Waals surface area (Å²) in [4.78, 5) is 19.0. The zero-order chi connectivity index (χ0) is 15.0. The number of fused-ring (bicyclic) bond motifs is 1. The summed E-state index contributed by atoms with van der Waals surface area (Å²) in [5, 5.41) is 2.24. The van der Waals surface area contributed by atoms with E-state index in [2.05, 4.69) is 18.8 Å². The molecule has 2 heterocycles. The zero-order valence-corrected chi connectivity index (χ0v) is 13.1. The van der Waals surface area contributed by atoms with Crippen molar-refractivity contribution in [3.8, 4) is 0 Å². The second-order valence-electron chi connectivity index (χ2n) is 6.01. The van der Waals surface area contributed by atoms with Crippen molar-refractivity contribution in [1.82, 2.24) is 9.88 Å². The summed E-state index contributed by atoms with van der Waals surface area (Å²) in [7, 11) is 0. The molecule has 2 aromatic rings. The minimum Gasteiger partial charge on any atom is -0.334 e. The molecular formula is C17H19ClN2O. The lowest BCUT2D eigenvalue weighted by atomic mass is 9.94. The van der Waals surface area contributed by atoms with Gasteiger partial charge in [-0.2, -0.15) is 0 Å². The molecule has 0 N–H and O–H groups in total. The van der Waals surface area contributed by atoms with Crippen LogP contribution in [-0.2, 0) is 0 Å². The van der Waals surface area contributed by atoms with E-state index in [1.807, 2.05) is 35.2 Å². The Morgan fingerprint density at radius 1 is 1.29 bits per heavy atom. The third-order valence-electron chi connectivity index (χ3n) is 4.29. The van der Waals surface area contributed by atoms with E-state index in [4.69, 9.17) is 11.6 Å². The van der Waals surface area contributed by atoms with Crippen molar-refractivity contribution in [1.29, 1.82) is 0 Å². The minimum atomic E-state index is -0.0123. The lowest BCUT2D eigenvalue weighted by Gasteiger charge is -2.36. The predicted molar refractivity (Wildman–Crippen MR) is 85.6 cm³/mol. The number of halogens is 1. The number of likely N-dealkylation sites (tertiary alicyclic amines) is 1. The highest BCUT2D eigenvalue weighted by atomic mass is 35.5. The van der Waals surface area contributed by atoms with E-state index in [9.17, 15) is 4.79 Å². The summed E-state index contributed by atoms with van der Waals surface area (Å²) in [5.41, 5.74) is 0.444. The molecule has 3 rings (SSSR count). The largest absolute Gasteiger partial charge is 0.334 e. The molecule has 4 heteroatoms. The SMILES string of the molecule is CC1CCC(C)N(C(=O)c2cc3ccccc3c(Cl)n2)C1. The monoisotopic (exact) mass is 302 g/mol. The highest BCUT2D eigenvalue weighted by Crippen LogP contribution is 2.26. The van der Waals surface area contributed by atoms with Crippen molar-refractivity contribution < 1.29 is 4.79 Å². The van der Waals surface area contributed by atoms with Crippen LogP contribution in [-0.4, -0.2) is 28.4 Å². The Morgan fingerprint density at radius 3 is 2.86 bits per heavy atom. The lowest BCUT2D eigenvalue weighted by Crippen LogP contribution is -2.45. The Morgan fingerprint density at radius 2 is 2.05 bits per heavy atom. The van der Waals surface area contributed by atoms with Gasteiger partial charge in [-0.15, -0.1) is 0 Å². The Bertz CT molecular complexity index is 686. The van der Waals surface area contributed by atoms with E-state index >= 15 is 0 Å². The van der Waals surface area contributed by atoms with Crippen LogP contribution < -0.4 is 0 Å². The number of hydrogen-bond acceptors (Lipinski definition) is 2. The summed E-state index contributed by atoms with van der Waals surface area (Å²) < 4.78 is 0. The molecule has 0 radical (unpaired) electrons. The number of carbonyl (C=O) groups is 1. The molecule has 1 aliphatic heterocycles. The van der Waals surface area contributed by atoms with Crippen molar-refractivity contribution in [2.75, 3.05) is 6.54 Å². The first-order chi connectivity index (χ1) is 10.1. The first-order valence-corrected chi connectivity index (χ1v) is 7.80. The maximum atomic E-state index is 12.8. The molecule has 1 fully saturated rings. The Balaban J connectivity index is 1.97. The molecule has 110 valence electrons. The topological polar surface area (TPSA) is 33.2 Å². The van der Waals surface area contributed by atoms with Crippen LogP contribution in [0.15, 0.2) is 30.3 Å². The maximum Gasteiger partial charge on any atom is 0.272 e. The fourth-order valence-electron chi connectivity index (χ4n) is 2.98. The zero-order valence-electron chi connectivity index (χ0n) is 12.3. The second kappa shape index (κ2) is 5.64. The van der Waals surface area contributed by atoms with Crippen LogP contribution in [0.4, 0.5) is 0 Å². The molecule has 1 aliphatic rings. The molecule has 1 saturated heterocycles. The molecule has 0 spiro atoms. The van der Waals surface area contributed by atoms with Gasteiger partial charge in [0.05, 0.1) is 0 Å².